The van der Waals surface area contributed by atoms with E-state index in [9.17, 15) is 19.5 Å². The molecule has 0 spiro atoms. The van der Waals surface area contributed by atoms with Crippen molar-refractivity contribution in [2.75, 3.05) is 24.3 Å². The largest absolute Gasteiger partial charge is 0.496 e. The molecule has 4 rings (SSSR count). The minimum atomic E-state index is -1.03. The number of urea groups is 1. The highest BCUT2D eigenvalue weighted by atomic mass is 16.5. The number of nitrogens with one attached hydrogen (secondary N) is 2. The maximum atomic E-state index is 13.0. The van der Waals surface area contributed by atoms with E-state index in [0.29, 0.717) is 36.0 Å². The topological polar surface area (TPSA) is 108 Å². The number of carbonyl (C=O) groups excluding carboxylic acids is 2. The molecule has 1 aliphatic rings. The highest BCUT2D eigenvalue weighted by Gasteiger charge is 2.34. The van der Waals surface area contributed by atoms with Gasteiger partial charge >= 0.3 is 12.0 Å². The molecule has 1 saturated heterocycles. The summed E-state index contributed by atoms with van der Waals surface area (Å²) in [4.78, 5) is 38.8. The van der Waals surface area contributed by atoms with Crippen LogP contribution in [0.25, 0.3) is 11.1 Å². The van der Waals surface area contributed by atoms with Crippen LogP contribution in [-0.2, 0) is 4.79 Å². The van der Waals surface area contributed by atoms with Crippen molar-refractivity contribution in [3.63, 3.8) is 0 Å². The van der Waals surface area contributed by atoms with Crippen LogP contribution in [0.3, 0.4) is 0 Å². The van der Waals surface area contributed by atoms with E-state index in [1.54, 1.807) is 23.1 Å². The summed E-state index contributed by atoms with van der Waals surface area (Å²) in [5, 5.41) is 15.0. The van der Waals surface area contributed by atoms with Gasteiger partial charge in [0.1, 0.15) is 11.8 Å². The third-order valence-corrected chi connectivity index (χ3v) is 6.56. The number of nitrogens with zero attached hydrogens (tertiary/aromatic N) is 1. The molecular weight excluding hydrogens is 470 g/mol. The lowest BCUT2D eigenvalue weighted by atomic mass is 10.0. The zero-order valence-electron chi connectivity index (χ0n) is 21.2. The Bertz CT molecular complexity index is 1290. The van der Waals surface area contributed by atoms with Crippen molar-refractivity contribution in [3.8, 4) is 16.9 Å². The van der Waals surface area contributed by atoms with Gasteiger partial charge in [-0.25, -0.2) is 9.59 Å². The number of amides is 3. The Morgan fingerprint density at radius 1 is 0.946 bits per heavy atom. The summed E-state index contributed by atoms with van der Waals surface area (Å²) in [6.45, 7) is 4.74. The number of carbonyl (C=O) groups is 3. The molecule has 0 aromatic heterocycles. The molecule has 0 aliphatic carbocycles. The van der Waals surface area contributed by atoms with Gasteiger partial charge in [-0.3, -0.25) is 4.79 Å². The van der Waals surface area contributed by atoms with E-state index in [1.807, 2.05) is 36.4 Å². The van der Waals surface area contributed by atoms with Gasteiger partial charge in [0, 0.05) is 23.5 Å². The quantitative estimate of drug-likeness (QED) is 0.378. The van der Waals surface area contributed by atoms with Crippen molar-refractivity contribution in [2.45, 2.75) is 38.6 Å². The smallest absolute Gasteiger partial charge is 0.335 e. The number of carboxylic acid groups (broad SMARTS) is 1. The molecular formula is C29H31N3O5. The lowest BCUT2D eigenvalue weighted by Gasteiger charge is -2.24. The van der Waals surface area contributed by atoms with Crippen LogP contribution in [0.5, 0.6) is 5.75 Å². The van der Waals surface area contributed by atoms with E-state index in [-0.39, 0.29) is 17.5 Å². The molecule has 1 aliphatic heterocycles. The first kappa shape index (κ1) is 25.8. The Labute approximate surface area is 216 Å². The van der Waals surface area contributed by atoms with Crippen LogP contribution in [0.4, 0.5) is 16.2 Å². The number of likely N-dealkylation sites (tertiary alicyclic amines) is 1. The summed E-state index contributed by atoms with van der Waals surface area (Å²) < 4.78 is 5.37. The van der Waals surface area contributed by atoms with Crippen molar-refractivity contribution < 1.29 is 24.2 Å². The molecule has 3 amide bonds. The average Bonchev–Trinajstić information content (AvgIpc) is 3.39. The number of rotatable bonds is 7. The first-order valence-electron chi connectivity index (χ1n) is 12.3. The summed E-state index contributed by atoms with van der Waals surface area (Å²) in [6.07, 6.45) is 1.35. The SMILES string of the molecule is COc1cc(C(=O)O)ccc1-c1ccc(NC(=O)[C@@H]2CCCN2C(=O)Nc2ccc(C(C)C)cc2)cc1. The van der Waals surface area contributed by atoms with Crippen LogP contribution < -0.4 is 15.4 Å². The van der Waals surface area contributed by atoms with Gasteiger partial charge in [0.05, 0.1) is 12.7 Å². The summed E-state index contributed by atoms with van der Waals surface area (Å²) in [7, 11) is 1.49. The molecule has 0 unspecified atom stereocenters. The normalized spacial score (nSPS) is 14.9. The molecule has 37 heavy (non-hydrogen) atoms. The predicted molar refractivity (Wildman–Crippen MR) is 143 cm³/mol. The van der Waals surface area contributed by atoms with E-state index in [2.05, 4.69) is 24.5 Å². The van der Waals surface area contributed by atoms with E-state index < -0.39 is 12.0 Å². The molecule has 0 radical (unpaired) electrons. The Morgan fingerprint density at radius 2 is 1.59 bits per heavy atom. The van der Waals surface area contributed by atoms with Crippen LogP contribution in [-0.4, -0.2) is 47.6 Å². The van der Waals surface area contributed by atoms with Crippen molar-refractivity contribution in [3.05, 3.63) is 77.9 Å². The van der Waals surface area contributed by atoms with Crippen LogP contribution in [0.15, 0.2) is 66.7 Å². The van der Waals surface area contributed by atoms with E-state index >= 15 is 0 Å². The van der Waals surface area contributed by atoms with E-state index in [0.717, 1.165) is 17.5 Å². The second-order valence-electron chi connectivity index (χ2n) is 9.35. The number of ether oxygens (including phenoxy) is 1. The standard InChI is InChI=1S/C29H31N3O5/c1-18(2)19-6-11-23(12-7-19)31-29(36)32-16-4-5-25(32)27(33)30-22-13-8-20(9-14-22)24-15-10-21(28(34)35)17-26(24)37-3/h6-15,17-18,25H,4-5,16H2,1-3H3,(H,30,33)(H,31,36)(H,34,35)/t25-/m0/s1. The van der Waals surface area contributed by atoms with E-state index in [4.69, 9.17) is 4.74 Å². The van der Waals surface area contributed by atoms with Gasteiger partial charge in [-0.05, 0) is 72.4 Å². The maximum absolute atomic E-state index is 13.0. The molecule has 0 saturated carbocycles. The van der Waals surface area contributed by atoms with Gasteiger partial charge in [0.25, 0.3) is 0 Å². The third kappa shape index (κ3) is 5.91. The van der Waals surface area contributed by atoms with Crippen LogP contribution >= 0.6 is 0 Å². The van der Waals surface area contributed by atoms with Gasteiger partial charge in [-0.15, -0.1) is 0 Å². The Morgan fingerprint density at radius 3 is 2.22 bits per heavy atom. The molecule has 3 aromatic rings. The molecule has 3 aromatic carbocycles. The fraction of sp³-hybridized carbons (Fsp3) is 0.276. The molecule has 192 valence electrons. The molecule has 8 nitrogen and oxygen atoms in total. The second-order valence-corrected chi connectivity index (χ2v) is 9.35. The van der Waals surface area contributed by atoms with Crippen molar-refractivity contribution in [2.24, 2.45) is 0 Å². The summed E-state index contributed by atoms with van der Waals surface area (Å²) in [6, 6.07) is 18.8. The van der Waals surface area contributed by atoms with Crippen LogP contribution in [0.1, 0.15) is 48.5 Å². The number of methoxy groups -OCH3 is 1. The van der Waals surface area contributed by atoms with Gasteiger partial charge in [-0.2, -0.15) is 0 Å². The number of benzene rings is 3. The number of anilines is 2. The summed E-state index contributed by atoms with van der Waals surface area (Å²) >= 11 is 0. The minimum absolute atomic E-state index is 0.141. The average molecular weight is 502 g/mol. The number of hydrogen-bond acceptors (Lipinski definition) is 4. The second kappa shape index (κ2) is 11.2. The zero-order chi connectivity index (χ0) is 26.5. The first-order chi connectivity index (χ1) is 17.8. The van der Waals surface area contributed by atoms with Gasteiger partial charge in [-0.1, -0.05) is 38.1 Å². The zero-order valence-corrected chi connectivity index (χ0v) is 21.2. The monoisotopic (exact) mass is 501 g/mol. The Kier molecular flexibility index (Phi) is 7.77. The molecule has 1 heterocycles. The minimum Gasteiger partial charge on any atom is -0.496 e. The molecule has 3 N–H and O–H groups in total. The highest BCUT2D eigenvalue weighted by Crippen LogP contribution is 2.32. The van der Waals surface area contributed by atoms with Crippen LogP contribution in [0, 0.1) is 0 Å². The molecule has 1 atom stereocenters. The number of carboxylic acids is 1. The van der Waals surface area contributed by atoms with E-state index in [1.165, 1.54) is 24.8 Å². The molecule has 1 fully saturated rings. The third-order valence-electron chi connectivity index (χ3n) is 6.56. The Hall–Kier alpha value is -4.33. The number of aromatic carboxylic acids is 1. The lowest BCUT2D eigenvalue weighted by Crippen LogP contribution is -2.45. The highest BCUT2D eigenvalue weighted by molar-refractivity contribution is 5.99. The number of hydrogen-bond donors (Lipinski definition) is 3. The fourth-order valence-corrected chi connectivity index (χ4v) is 4.45. The predicted octanol–water partition coefficient (Wildman–Crippen LogP) is 5.82. The summed E-state index contributed by atoms with van der Waals surface area (Å²) in [5.74, 6) is -0.409. The molecule has 0 bridgehead atoms. The lowest BCUT2D eigenvalue weighted by molar-refractivity contribution is -0.119. The van der Waals surface area contributed by atoms with Crippen molar-refractivity contribution in [1.82, 2.24) is 4.90 Å². The van der Waals surface area contributed by atoms with Crippen molar-refractivity contribution >= 4 is 29.3 Å². The Balaban J connectivity index is 1.41. The maximum Gasteiger partial charge on any atom is 0.335 e. The van der Waals surface area contributed by atoms with Gasteiger partial charge < -0.3 is 25.4 Å². The van der Waals surface area contributed by atoms with Crippen molar-refractivity contribution in [1.29, 1.82) is 0 Å². The van der Waals surface area contributed by atoms with Crippen LogP contribution in [0.2, 0.25) is 0 Å². The van der Waals surface area contributed by atoms with Gasteiger partial charge in [0.2, 0.25) is 5.91 Å². The molecule has 8 heteroatoms. The summed E-state index contributed by atoms with van der Waals surface area (Å²) in [5.41, 5.74) is 4.19. The van der Waals surface area contributed by atoms with Gasteiger partial charge in [0.15, 0.2) is 0 Å². The first-order valence-corrected chi connectivity index (χ1v) is 12.3. The fourth-order valence-electron chi connectivity index (χ4n) is 4.45.